The monoisotopic (exact) mass is 667 g/mol. The summed E-state index contributed by atoms with van der Waals surface area (Å²) in [6, 6.07) is 73.3. The molecule has 51 heavy (non-hydrogen) atoms. The summed E-state index contributed by atoms with van der Waals surface area (Å²) in [6.45, 7) is 0. The molecule has 0 amide bonds. The quantitative estimate of drug-likeness (QED) is 0.171. The van der Waals surface area contributed by atoms with E-state index >= 15 is 0 Å². The van der Waals surface area contributed by atoms with E-state index in [0.29, 0.717) is 0 Å². The molecule has 0 unspecified atom stereocenters. The van der Waals surface area contributed by atoms with Gasteiger partial charge in [-0.15, -0.1) is 11.3 Å². The first-order chi connectivity index (χ1) is 25.3. The largest absolute Gasteiger partial charge is 0.310 e. The minimum absolute atomic E-state index is 0.450. The van der Waals surface area contributed by atoms with E-state index in [1.807, 2.05) is 11.3 Å². The molecule has 0 atom stereocenters. The predicted molar refractivity (Wildman–Crippen MR) is 217 cm³/mol. The van der Waals surface area contributed by atoms with Crippen molar-refractivity contribution >= 4 is 48.6 Å². The van der Waals surface area contributed by atoms with Crippen molar-refractivity contribution in [3.8, 4) is 22.3 Å². The molecule has 0 spiro atoms. The number of nitrogens with zero attached hydrogens (tertiary/aromatic N) is 1. The summed E-state index contributed by atoms with van der Waals surface area (Å²) in [6.07, 6.45) is 0. The van der Waals surface area contributed by atoms with Gasteiger partial charge < -0.3 is 4.90 Å². The van der Waals surface area contributed by atoms with Gasteiger partial charge in [0.05, 0.1) is 5.41 Å². The Hall–Kier alpha value is -6.22. The lowest BCUT2D eigenvalue weighted by Gasteiger charge is -2.34. The minimum atomic E-state index is -0.450. The van der Waals surface area contributed by atoms with Crippen molar-refractivity contribution in [2.24, 2.45) is 0 Å². The second-order valence-corrected chi connectivity index (χ2v) is 14.3. The average Bonchev–Trinajstić information content (AvgIpc) is 3.73. The SMILES string of the molecule is c1ccc(-c2cccc(N(c3ccccc3)c3ccc4c(c3)sc3cccc(C5(c6ccccc6)c6ccccc6-c6ccccc65)c34)c2)cc1. The summed E-state index contributed by atoms with van der Waals surface area (Å²) in [5.74, 6) is 0. The molecule has 8 aromatic carbocycles. The zero-order valence-corrected chi connectivity index (χ0v) is 28.7. The van der Waals surface area contributed by atoms with Crippen LogP contribution in [0.2, 0.25) is 0 Å². The van der Waals surface area contributed by atoms with Gasteiger partial charge in [0.25, 0.3) is 0 Å². The summed E-state index contributed by atoms with van der Waals surface area (Å²) in [7, 11) is 0. The number of hydrogen-bond acceptors (Lipinski definition) is 2. The van der Waals surface area contributed by atoms with Gasteiger partial charge in [-0.2, -0.15) is 0 Å². The molecule has 0 bridgehead atoms. The molecule has 1 nitrogen and oxygen atoms in total. The van der Waals surface area contributed by atoms with Gasteiger partial charge in [-0.25, -0.2) is 0 Å². The maximum absolute atomic E-state index is 2.39. The van der Waals surface area contributed by atoms with E-state index in [1.54, 1.807) is 0 Å². The molecule has 10 rings (SSSR count). The van der Waals surface area contributed by atoms with Gasteiger partial charge in [0.2, 0.25) is 0 Å². The van der Waals surface area contributed by atoms with Crippen molar-refractivity contribution in [3.63, 3.8) is 0 Å². The van der Waals surface area contributed by atoms with Gasteiger partial charge >= 0.3 is 0 Å². The lowest BCUT2D eigenvalue weighted by Crippen LogP contribution is -2.28. The van der Waals surface area contributed by atoms with Crippen molar-refractivity contribution in [2.45, 2.75) is 5.41 Å². The van der Waals surface area contributed by atoms with E-state index in [2.05, 4.69) is 205 Å². The predicted octanol–water partition coefficient (Wildman–Crippen LogP) is 13.6. The molecule has 0 fully saturated rings. The topological polar surface area (TPSA) is 3.24 Å². The lowest BCUT2D eigenvalue weighted by molar-refractivity contribution is 0.777. The van der Waals surface area contributed by atoms with Crippen LogP contribution in [-0.2, 0) is 5.41 Å². The Morgan fingerprint density at radius 3 is 1.65 bits per heavy atom. The van der Waals surface area contributed by atoms with Crippen LogP contribution in [0.5, 0.6) is 0 Å². The molecule has 1 aliphatic rings. The van der Waals surface area contributed by atoms with Crippen LogP contribution in [0.1, 0.15) is 22.3 Å². The fourth-order valence-corrected chi connectivity index (χ4v) is 9.59. The van der Waals surface area contributed by atoms with Crippen LogP contribution >= 0.6 is 11.3 Å². The Balaban J connectivity index is 1.21. The highest BCUT2D eigenvalue weighted by Crippen LogP contribution is 2.58. The zero-order valence-electron chi connectivity index (χ0n) is 27.9. The van der Waals surface area contributed by atoms with Crippen LogP contribution in [0.3, 0.4) is 0 Å². The Morgan fingerprint density at radius 1 is 0.373 bits per heavy atom. The molecule has 9 aromatic rings. The van der Waals surface area contributed by atoms with Crippen LogP contribution < -0.4 is 4.90 Å². The Labute approximate surface area is 302 Å². The van der Waals surface area contributed by atoms with Crippen LogP contribution in [0, 0.1) is 0 Å². The van der Waals surface area contributed by atoms with E-state index in [9.17, 15) is 0 Å². The third-order valence-electron chi connectivity index (χ3n) is 10.5. The van der Waals surface area contributed by atoms with Crippen molar-refractivity contribution in [1.82, 2.24) is 0 Å². The maximum atomic E-state index is 2.39. The number of anilines is 3. The number of rotatable bonds is 6. The van der Waals surface area contributed by atoms with Gasteiger partial charge in [-0.3, -0.25) is 0 Å². The number of hydrogen-bond donors (Lipinski definition) is 0. The second-order valence-electron chi connectivity index (χ2n) is 13.3. The number of fused-ring (bicyclic) bond motifs is 6. The Kier molecular flexibility index (Phi) is 6.97. The van der Waals surface area contributed by atoms with Crippen LogP contribution in [0.15, 0.2) is 200 Å². The third-order valence-corrected chi connectivity index (χ3v) is 11.6. The zero-order chi connectivity index (χ0) is 33.8. The summed E-state index contributed by atoms with van der Waals surface area (Å²) < 4.78 is 2.58. The van der Waals surface area contributed by atoms with E-state index in [-0.39, 0.29) is 0 Å². The summed E-state index contributed by atoms with van der Waals surface area (Å²) in [4.78, 5) is 2.38. The highest BCUT2D eigenvalue weighted by Gasteiger charge is 2.46. The molecule has 1 heterocycles. The van der Waals surface area contributed by atoms with Gasteiger partial charge in [0, 0.05) is 37.2 Å². The van der Waals surface area contributed by atoms with Gasteiger partial charge in [0.1, 0.15) is 0 Å². The lowest BCUT2D eigenvalue weighted by atomic mass is 9.66. The minimum Gasteiger partial charge on any atom is -0.310 e. The standard InChI is InChI=1S/C49H33NS/c1-4-16-34(17-5-1)35-18-14-23-38(32-35)50(37-21-8-3-9-22-37)39-30-31-42-47(33-39)51-46-29-15-28-45(48(42)46)49(36-19-6-2-7-20-36)43-26-12-10-24-40(43)41-25-11-13-27-44(41)49/h1-33H. The molecule has 1 aromatic heterocycles. The Morgan fingerprint density at radius 2 is 0.922 bits per heavy atom. The first-order valence-electron chi connectivity index (χ1n) is 17.5. The summed E-state index contributed by atoms with van der Waals surface area (Å²) in [5.41, 5.74) is 13.3. The number of thiophene rings is 1. The molecule has 2 heteroatoms. The highest BCUT2D eigenvalue weighted by molar-refractivity contribution is 7.25. The third kappa shape index (κ3) is 4.61. The fourth-order valence-electron chi connectivity index (χ4n) is 8.43. The smallest absolute Gasteiger partial charge is 0.0720 e. The average molecular weight is 668 g/mol. The van der Waals surface area contributed by atoms with E-state index in [0.717, 1.165) is 17.1 Å². The summed E-state index contributed by atoms with van der Waals surface area (Å²) >= 11 is 1.89. The van der Waals surface area contributed by atoms with Crippen LogP contribution in [-0.4, -0.2) is 0 Å². The molecule has 240 valence electrons. The molecule has 1 aliphatic carbocycles. The van der Waals surface area contributed by atoms with Crippen molar-refractivity contribution in [1.29, 1.82) is 0 Å². The van der Waals surface area contributed by atoms with Crippen LogP contribution in [0.25, 0.3) is 42.4 Å². The first-order valence-corrected chi connectivity index (χ1v) is 18.3. The van der Waals surface area contributed by atoms with Crippen molar-refractivity contribution in [2.75, 3.05) is 4.90 Å². The molecule has 0 saturated heterocycles. The fraction of sp³-hybridized carbons (Fsp3) is 0.0204. The van der Waals surface area contributed by atoms with Crippen molar-refractivity contribution < 1.29 is 0 Å². The molecular formula is C49H33NS. The van der Waals surface area contributed by atoms with E-state index < -0.39 is 5.41 Å². The van der Waals surface area contributed by atoms with Gasteiger partial charge in [-0.1, -0.05) is 158 Å². The van der Waals surface area contributed by atoms with Crippen molar-refractivity contribution in [3.05, 3.63) is 222 Å². The second kappa shape index (κ2) is 12.0. The summed E-state index contributed by atoms with van der Waals surface area (Å²) in [5, 5.41) is 2.62. The molecule has 0 saturated carbocycles. The van der Waals surface area contributed by atoms with E-state index in [4.69, 9.17) is 0 Å². The molecule has 0 radical (unpaired) electrons. The molecular weight excluding hydrogens is 635 g/mol. The Bertz CT molecular complexity index is 2650. The number of para-hydroxylation sites is 1. The number of benzene rings is 8. The molecule has 0 aliphatic heterocycles. The van der Waals surface area contributed by atoms with Gasteiger partial charge in [0.15, 0.2) is 0 Å². The maximum Gasteiger partial charge on any atom is 0.0720 e. The molecule has 0 N–H and O–H groups in total. The normalized spacial score (nSPS) is 12.9. The first kappa shape index (κ1) is 29.7. The highest BCUT2D eigenvalue weighted by atomic mass is 32.1. The van der Waals surface area contributed by atoms with Crippen LogP contribution in [0.4, 0.5) is 17.1 Å². The van der Waals surface area contributed by atoms with E-state index in [1.165, 1.54) is 64.7 Å². The van der Waals surface area contributed by atoms with Gasteiger partial charge in [-0.05, 0) is 87.0 Å².